The molecule has 1 aliphatic heterocycles. The number of rotatable bonds is 7. The third-order valence-electron chi connectivity index (χ3n) is 4.57. The molecule has 126 valence electrons. The zero-order chi connectivity index (χ0) is 17.3. The molecule has 3 amide bonds. The molecule has 0 radical (unpaired) electrons. The molecule has 1 heterocycles. The van der Waals surface area contributed by atoms with Crippen molar-refractivity contribution in [2.75, 3.05) is 13.1 Å². The van der Waals surface area contributed by atoms with Gasteiger partial charge in [0.25, 0.3) is 11.8 Å². The maximum Gasteiger partial charge on any atom is 0.319 e. The molecule has 2 N–H and O–H groups in total. The summed E-state index contributed by atoms with van der Waals surface area (Å²) in [6.45, 7) is 0.614. The molecule has 7 nitrogen and oxygen atoms in total. The van der Waals surface area contributed by atoms with E-state index in [4.69, 9.17) is 5.11 Å². The molecule has 0 unspecified atom stereocenters. The SMILES string of the molecule is O=C1c2ccccc2C(=O)N1CCCCNC(=O)C1(C(=O)O)CC1. The predicted molar refractivity (Wildman–Crippen MR) is 83.4 cm³/mol. The molecule has 24 heavy (non-hydrogen) atoms. The van der Waals surface area contributed by atoms with Gasteiger partial charge in [-0.1, -0.05) is 12.1 Å². The van der Waals surface area contributed by atoms with E-state index < -0.39 is 17.3 Å². The Balaban J connectivity index is 1.44. The number of nitrogens with one attached hydrogen (secondary N) is 1. The molecule has 0 saturated heterocycles. The number of benzene rings is 1. The highest BCUT2D eigenvalue weighted by Crippen LogP contribution is 2.46. The van der Waals surface area contributed by atoms with Crippen LogP contribution in [0.4, 0.5) is 0 Å². The minimum Gasteiger partial charge on any atom is -0.480 e. The van der Waals surface area contributed by atoms with Crippen LogP contribution in [0.1, 0.15) is 46.4 Å². The summed E-state index contributed by atoms with van der Waals surface area (Å²) in [4.78, 5) is 48.4. The van der Waals surface area contributed by atoms with Crippen LogP contribution < -0.4 is 5.32 Å². The zero-order valence-electron chi connectivity index (χ0n) is 13.1. The number of hydrogen-bond donors (Lipinski definition) is 2. The Morgan fingerprint density at radius 3 is 2.17 bits per heavy atom. The molecular formula is C17H18N2O5. The maximum absolute atomic E-state index is 12.2. The fraction of sp³-hybridized carbons (Fsp3) is 0.412. The zero-order valence-corrected chi connectivity index (χ0v) is 13.1. The van der Waals surface area contributed by atoms with Crippen LogP contribution in [0.2, 0.25) is 0 Å². The summed E-state index contributed by atoms with van der Waals surface area (Å²) in [7, 11) is 0. The van der Waals surface area contributed by atoms with Crippen molar-refractivity contribution in [3.05, 3.63) is 35.4 Å². The topological polar surface area (TPSA) is 104 Å². The summed E-state index contributed by atoms with van der Waals surface area (Å²) >= 11 is 0. The second-order valence-electron chi connectivity index (χ2n) is 6.16. The van der Waals surface area contributed by atoms with Crippen LogP contribution in [0.15, 0.2) is 24.3 Å². The molecule has 1 aromatic rings. The van der Waals surface area contributed by atoms with Gasteiger partial charge in [0.2, 0.25) is 5.91 Å². The van der Waals surface area contributed by atoms with Gasteiger partial charge in [-0.15, -0.1) is 0 Å². The van der Waals surface area contributed by atoms with Gasteiger partial charge >= 0.3 is 5.97 Å². The van der Waals surface area contributed by atoms with Gasteiger partial charge in [0, 0.05) is 13.1 Å². The van der Waals surface area contributed by atoms with Crippen LogP contribution in [0.5, 0.6) is 0 Å². The number of imide groups is 1. The number of carboxylic acids is 1. The molecule has 0 aromatic heterocycles. The Morgan fingerprint density at radius 2 is 1.67 bits per heavy atom. The smallest absolute Gasteiger partial charge is 0.319 e. The van der Waals surface area contributed by atoms with E-state index in [0.29, 0.717) is 43.4 Å². The quantitative estimate of drug-likeness (QED) is 0.442. The number of fused-ring (bicyclic) bond motifs is 1. The van der Waals surface area contributed by atoms with Crippen LogP contribution >= 0.6 is 0 Å². The van der Waals surface area contributed by atoms with Crippen molar-refractivity contribution >= 4 is 23.7 Å². The second kappa shape index (κ2) is 6.07. The summed E-state index contributed by atoms with van der Waals surface area (Å²) in [6, 6.07) is 6.71. The summed E-state index contributed by atoms with van der Waals surface area (Å²) in [6.07, 6.45) is 1.87. The fourth-order valence-electron chi connectivity index (χ4n) is 2.87. The molecule has 7 heteroatoms. The van der Waals surface area contributed by atoms with Gasteiger partial charge in [-0.05, 0) is 37.8 Å². The number of amides is 3. The van der Waals surface area contributed by atoms with Gasteiger partial charge < -0.3 is 10.4 Å². The van der Waals surface area contributed by atoms with Crippen molar-refractivity contribution in [3.63, 3.8) is 0 Å². The first-order chi connectivity index (χ1) is 11.5. The van der Waals surface area contributed by atoms with E-state index in [1.807, 2.05) is 0 Å². The number of hydrogen-bond acceptors (Lipinski definition) is 4. The predicted octanol–water partition coefficient (Wildman–Crippen LogP) is 1.04. The lowest BCUT2D eigenvalue weighted by molar-refractivity contribution is -0.149. The highest BCUT2D eigenvalue weighted by Gasteiger charge is 2.56. The Bertz CT molecular complexity index is 688. The standard InChI is InChI=1S/C17H18N2O5/c20-13-11-5-1-2-6-12(11)14(21)19(13)10-4-3-9-18-15(22)17(7-8-17)16(23)24/h1-2,5-6H,3-4,7-10H2,(H,18,22)(H,23,24). The average Bonchev–Trinajstić information content (AvgIpc) is 3.35. The lowest BCUT2D eigenvalue weighted by atomic mass is 10.1. The fourth-order valence-corrected chi connectivity index (χ4v) is 2.87. The third kappa shape index (κ3) is 2.66. The van der Waals surface area contributed by atoms with Crippen LogP contribution in [-0.2, 0) is 9.59 Å². The van der Waals surface area contributed by atoms with E-state index in [0.717, 1.165) is 0 Å². The first-order valence-electron chi connectivity index (χ1n) is 7.94. The Labute approximate surface area is 138 Å². The van der Waals surface area contributed by atoms with Gasteiger partial charge in [0.1, 0.15) is 5.41 Å². The van der Waals surface area contributed by atoms with E-state index in [1.165, 1.54) is 4.90 Å². The Kier molecular flexibility index (Phi) is 4.09. The molecule has 1 aliphatic carbocycles. The summed E-state index contributed by atoms with van der Waals surface area (Å²) in [5.41, 5.74) is -0.386. The van der Waals surface area contributed by atoms with E-state index in [2.05, 4.69) is 5.32 Å². The van der Waals surface area contributed by atoms with Gasteiger partial charge in [-0.25, -0.2) is 0 Å². The van der Waals surface area contributed by atoms with Crippen molar-refractivity contribution < 1.29 is 24.3 Å². The minimum absolute atomic E-state index is 0.284. The highest BCUT2D eigenvalue weighted by atomic mass is 16.4. The molecule has 1 saturated carbocycles. The second-order valence-corrected chi connectivity index (χ2v) is 6.16. The molecule has 3 rings (SSSR count). The van der Waals surface area contributed by atoms with Crippen LogP contribution in [-0.4, -0.2) is 46.8 Å². The highest BCUT2D eigenvalue weighted by molar-refractivity contribution is 6.21. The van der Waals surface area contributed by atoms with Gasteiger partial charge in [-0.3, -0.25) is 24.1 Å². The number of carbonyl (C=O) groups is 4. The summed E-state index contributed by atoms with van der Waals surface area (Å²) in [5, 5.41) is 11.6. The van der Waals surface area contributed by atoms with Crippen molar-refractivity contribution in [1.82, 2.24) is 10.2 Å². The number of nitrogens with zero attached hydrogens (tertiary/aromatic N) is 1. The largest absolute Gasteiger partial charge is 0.480 e. The molecule has 0 atom stereocenters. The van der Waals surface area contributed by atoms with E-state index in [9.17, 15) is 19.2 Å². The molecule has 0 spiro atoms. The van der Waals surface area contributed by atoms with Crippen LogP contribution in [0.25, 0.3) is 0 Å². The summed E-state index contributed by atoms with van der Waals surface area (Å²) < 4.78 is 0. The van der Waals surface area contributed by atoms with E-state index in [1.54, 1.807) is 24.3 Å². The van der Waals surface area contributed by atoms with Crippen molar-refractivity contribution in [2.24, 2.45) is 5.41 Å². The van der Waals surface area contributed by atoms with Crippen LogP contribution in [0, 0.1) is 5.41 Å². The van der Waals surface area contributed by atoms with Crippen molar-refractivity contribution in [3.8, 4) is 0 Å². The van der Waals surface area contributed by atoms with E-state index in [-0.39, 0.29) is 18.4 Å². The van der Waals surface area contributed by atoms with Crippen LogP contribution in [0.3, 0.4) is 0 Å². The maximum atomic E-state index is 12.2. The molecule has 1 fully saturated rings. The van der Waals surface area contributed by atoms with E-state index >= 15 is 0 Å². The number of carbonyl (C=O) groups excluding carboxylic acids is 3. The first kappa shape index (κ1) is 16.2. The van der Waals surface area contributed by atoms with Crippen molar-refractivity contribution in [1.29, 1.82) is 0 Å². The Hall–Kier alpha value is -2.70. The number of carboxylic acid groups (broad SMARTS) is 1. The molecule has 2 aliphatic rings. The number of aliphatic carboxylic acids is 1. The summed E-state index contributed by atoms with van der Waals surface area (Å²) in [5.74, 6) is -2.10. The molecule has 0 bridgehead atoms. The van der Waals surface area contributed by atoms with Gasteiger partial charge in [0.15, 0.2) is 0 Å². The average molecular weight is 330 g/mol. The third-order valence-corrected chi connectivity index (χ3v) is 4.57. The number of unbranched alkanes of at least 4 members (excludes halogenated alkanes) is 1. The van der Waals surface area contributed by atoms with Crippen molar-refractivity contribution in [2.45, 2.75) is 25.7 Å². The lowest BCUT2D eigenvalue weighted by Crippen LogP contribution is -2.37. The lowest BCUT2D eigenvalue weighted by Gasteiger charge is -2.14. The van der Waals surface area contributed by atoms with Gasteiger partial charge in [0.05, 0.1) is 11.1 Å². The Morgan fingerprint density at radius 1 is 1.08 bits per heavy atom. The first-order valence-corrected chi connectivity index (χ1v) is 7.94. The van der Waals surface area contributed by atoms with Gasteiger partial charge in [-0.2, -0.15) is 0 Å². The molecule has 1 aromatic carbocycles. The monoisotopic (exact) mass is 330 g/mol. The molecular weight excluding hydrogens is 312 g/mol. The normalized spacial score (nSPS) is 17.6. The minimum atomic E-state index is -1.23.